The van der Waals surface area contributed by atoms with Crippen LogP contribution in [0, 0.1) is 5.92 Å². The van der Waals surface area contributed by atoms with Crippen LogP contribution in [0.2, 0.25) is 0 Å². The van der Waals surface area contributed by atoms with Gasteiger partial charge in [-0.3, -0.25) is 4.79 Å². The lowest BCUT2D eigenvalue weighted by molar-refractivity contribution is -0.174. The predicted octanol–water partition coefficient (Wildman–Crippen LogP) is 1.84. The van der Waals surface area contributed by atoms with Crippen LogP contribution in [0.5, 0.6) is 0 Å². The molecule has 0 aromatic rings. The smallest absolute Gasteiger partial charge is 0.411 e. The monoisotopic (exact) mass is 283 g/mol. The molecule has 1 atom stereocenters. The van der Waals surface area contributed by atoms with E-state index in [4.69, 9.17) is 4.74 Å². The number of carbonyl (C=O) groups is 1. The van der Waals surface area contributed by atoms with E-state index < -0.39 is 12.8 Å². The maximum absolute atomic E-state index is 11.8. The highest BCUT2D eigenvalue weighted by atomic mass is 19.4. The molecule has 0 aliphatic carbocycles. The SMILES string of the molecule is COC(=O)[C@H]1CCCN(CCCOCC(F)(F)F)C1. The van der Waals surface area contributed by atoms with E-state index in [1.807, 2.05) is 0 Å². The number of piperidine rings is 1. The number of esters is 1. The molecule has 1 saturated heterocycles. The maximum atomic E-state index is 11.8. The van der Waals surface area contributed by atoms with Gasteiger partial charge in [-0.25, -0.2) is 0 Å². The number of hydrogen-bond donors (Lipinski definition) is 0. The summed E-state index contributed by atoms with van der Waals surface area (Å²) in [5.41, 5.74) is 0. The van der Waals surface area contributed by atoms with Crippen molar-refractivity contribution >= 4 is 5.97 Å². The summed E-state index contributed by atoms with van der Waals surface area (Å²) in [7, 11) is 1.37. The topological polar surface area (TPSA) is 38.8 Å². The number of nitrogens with zero attached hydrogens (tertiary/aromatic N) is 1. The Bertz CT molecular complexity index is 284. The van der Waals surface area contributed by atoms with Crippen LogP contribution >= 0.6 is 0 Å². The molecule has 1 aliphatic rings. The van der Waals surface area contributed by atoms with E-state index in [1.165, 1.54) is 7.11 Å². The fraction of sp³-hybridized carbons (Fsp3) is 0.917. The quantitative estimate of drug-likeness (QED) is 0.551. The van der Waals surface area contributed by atoms with E-state index in [2.05, 4.69) is 9.64 Å². The second-order valence-electron chi connectivity index (χ2n) is 4.68. The minimum absolute atomic E-state index is 0.0822. The summed E-state index contributed by atoms with van der Waals surface area (Å²) in [6.07, 6.45) is -2.01. The first-order chi connectivity index (χ1) is 8.92. The number of methoxy groups -OCH3 is 1. The molecule has 0 radical (unpaired) electrons. The van der Waals surface area contributed by atoms with Crippen molar-refractivity contribution in [2.24, 2.45) is 5.92 Å². The van der Waals surface area contributed by atoms with Crippen molar-refractivity contribution in [1.82, 2.24) is 4.90 Å². The van der Waals surface area contributed by atoms with Gasteiger partial charge in [0.25, 0.3) is 0 Å². The van der Waals surface area contributed by atoms with Gasteiger partial charge in [-0.05, 0) is 25.8 Å². The number of alkyl halides is 3. The maximum Gasteiger partial charge on any atom is 0.411 e. The van der Waals surface area contributed by atoms with E-state index in [0.29, 0.717) is 19.5 Å². The van der Waals surface area contributed by atoms with E-state index in [9.17, 15) is 18.0 Å². The zero-order valence-electron chi connectivity index (χ0n) is 11.0. The summed E-state index contributed by atoms with van der Waals surface area (Å²) >= 11 is 0. The summed E-state index contributed by atoms with van der Waals surface area (Å²) in [4.78, 5) is 13.5. The van der Waals surface area contributed by atoms with Gasteiger partial charge in [0.1, 0.15) is 6.61 Å². The van der Waals surface area contributed by atoms with E-state index in [0.717, 1.165) is 19.4 Å². The Morgan fingerprint density at radius 2 is 2.16 bits per heavy atom. The summed E-state index contributed by atoms with van der Waals surface area (Å²) in [6, 6.07) is 0. The van der Waals surface area contributed by atoms with Crippen LogP contribution in [-0.4, -0.2) is 57.0 Å². The molecule has 0 N–H and O–H groups in total. The third-order valence-corrected chi connectivity index (χ3v) is 3.07. The second kappa shape index (κ2) is 7.69. The third-order valence-electron chi connectivity index (χ3n) is 3.07. The highest BCUT2D eigenvalue weighted by molar-refractivity contribution is 5.72. The Kier molecular flexibility index (Phi) is 6.57. The summed E-state index contributed by atoms with van der Waals surface area (Å²) in [6.45, 7) is 1.01. The van der Waals surface area contributed by atoms with Crippen molar-refractivity contribution in [3.05, 3.63) is 0 Å². The van der Waals surface area contributed by atoms with Crippen LogP contribution in [0.4, 0.5) is 13.2 Å². The van der Waals surface area contributed by atoms with Gasteiger partial charge in [0, 0.05) is 19.7 Å². The van der Waals surface area contributed by atoms with Crippen LogP contribution in [0.1, 0.15) is 19.3 Å². The molecule has 1 aliphatic heterocycles. The lowest BCUT2D eigenvalue weighted by atomic mass is 9.98. The number of halogens is 3. The van der Waals surface area contributed by atoms with Crippen LogP contribution in [0.25, 0.3) is 0 Å². The van der Waals surface area contributed by atoms with Crippen LogP contribution in [0.15, 0.2) is 0 Å². The summed E-state index contributed by atoms with van der Waals surface area (Å²) < 4.78 is 44.7. The minimum atomic E-state index is -4.26. The zero-order chi connectivity index (χ0) is 14.3. The van der Waals surface area contributed by atoms with Crippen molar-refractivity contribution in [2.75, 3.05) is 40.0 Å². The van der Waals surface area contributed by atoms with E-state index in [1.54, 1.807) is 0 Å². The lowest BCUT2D eigenvalue weighted by Crippen LogP contribution is -2.39. The van der Waals surface area contributed by atoms with Crippen molar-refractivity contribution in [1.29, 1.82) is 0 Å². The molecular formula is C12H20F3NO3. The molecule has 0 unspecified atom stereocenters. The summed E-state index contributed by atoms with van der Waals surface area (Å²) in [5.74, 6) is -0.326. The first kappa shape index (κ1) is 16.2. The molecule has 1 fully saturated rings. The number of carbonyl (C=O) groups excluding carboxylic acids is 1. The molecule has 0 amide bonds. The van der Waals surface area contributed by atoms with Crippen LogP contribution < -0.4 is 0 Å². The summed E-state index contributed by atoms with van der Waals surface area (Å²) in [5, 5.41) is 0. The number of likely N-dealkylation sites (tertiary alicyclic amines) is 1. The van der Waals surface area contributed by atoms with Gasteiger partial charge in [-0.15, -0.1) is 0 Å². The van der Waals surface area contributed by atoms with E-state index in [-0.39, 0.29) is 18.5 Å². The Labute approximate surface area is 110 Å². The average molecular weight is 283 g/mol. The zero-order valence-corrected chi connectivity index (χ0v) is 11.0. The van der Waals surface area contributed by atoms with E-state index >= 15 is 0 Å². The Hall–Kier alpha value is -0.820. The normalized spacial score (nSPS) is 21.4. The van der Waals surface area contributed by atoms with Gasteiger partial charge in [0.2, 0.25) is 0 Å². The first-order valence-electron chi connectivity index (χ1n) is 6.37. The molecule has 0 aromatic heterocycles. The molecule has 0 bridgehead atoms. The highest BCUT2D eigenvalue weighted by Gasteiger charge is 2.28. The Morgan fingerprint density at radius 1 is 1.42 bits per heavy atom. The number of ether oxygens (including phenoxy) is 2. The number of hydrogen-bond acceptors (Lipinski definition) is 4. The Balaban J connectivity index is 2.14. The molecule has 0 spiro atoms. The van der Waals surface area contributed by atoms with Gasteiger partial charge in [0.05, 0.1) is 13.0 Å². The van der Waals surface area contributed by atoms with Gasteiger partial charge < -0.3 is 14.4 Å². The van der Waals surface area contributed by atoms with Crippen molar-refractivity contribution < 1.29 is 27.4 Å². The molecular weight excluding hydrogens is 263 g/mol. The molecule has 0 aromatic carbocycles. The molecule has 1 rings (SSSR count). The standard InChI is InChI=1S/C12H20F3NO3/c1-18-11(17)10-4-2-5-16(8-10)6-3-7-19-9-12(13,14)15/h10H,2-9H2,1H3/t10-/m0/s1. The van der Waals surface area contributed by atoms with Crippen molar-refractivity contribution in [3.63, 3.8) is 0 Å². The minimum Gasteiger partial charge on any atom is -0.469 e. The molecule has 0 saturated carbocycles. The van der Waals surface area contributed by atoms with Crippen LogP contribution in [-0.2, 0) is 14.3 Å². The molecule has 4 nitrogen and oxygen atoms in total. The van der Waals surface area contributed by atoms with Crippen molar-refractivity contribution in [2.45, 2.75) is 25.4 Å². The van der Waals surface area contributed by atoms with Crippen molar-refractivity contribution in [3.8, 4) is 0 Å². The average Bonchev–Trinajstić information content (AvgIpc) is 2.36. The molecule has 112 valence electrons. The van der Waals surface area contributed by atoms with Gasteiger partial charge >= 0.3 is 12.1 Å². The third kappa shape index (κ3) is 6.77. The fourth-order valence-corrected chi connectivity index (χ4v) is 2.20. The van der Waals surface area contributed by atoms with Gasteiger partial charge in [-0.1, -0.05) is 0 Å². The lowest BCUT2D eigenvalue weighted by Gasteiger charge is -2.31. The highest BCUT2D eigenvalue weighted by Crippen LogP contribution is 2.18. The Morgan fingerprint density at radius 3 is 2.79 bits per heavy atom. The fourth-order valence-electron chi connectivity index (χ4n) is 2.20. The molecule has 7 heteroatoms. The molecule has 19 heavy (non-hydrogen) atoms. The first-order valence-corrected chi connectivity index (χ1v) is 6.37. The second-order valence-corrected chi connectivity index (χ2v) is 4.68. The molecule has 1 heterocycles. The largest absolute Gasteiger partial charge is 0.469 e. The van der Waals surface area contributed by atoms with Gasteiger partial charge in [0.15, 0.2) is 0 Å². The van der Waals surface area contributed by atoms with Gasteiger partial charge in [-0.2, -0.15) is 13.2 Å². The van der Waals surface area contributed by atoms with Crippen LogP contribution in [0.3, 0.4) is 0 Å². The number of rotatable bonds is 6. The predicted molar refractivity (Wildman–Crippen MR) is 62.7 cm³/mol.